The van der Waals surface area contributed by atoms with E-state index in [4.69, 9.17) is 0 Å². The van der Waals surface area contributed by atoms with E-state index in [1.165, 1.54) is 10.6 Å². The first-order chi connectivity index (χ1) is 8.56. The van der Waals surface area contributed by atoms with Crippen LogP contribution < -0.4 is 10.9 Å². The van der Waals surface area contributed by atoms with Crippen molar-refractivity contribution >= 4 is 5.91 Å². The van der Waals surface area contributed by atoms with Gasteiger partial charge in [-0.1, -0.05) is 0 Å². The number of amides is 1. The molecule has 1 heterocycles. The van der Waals surface area contributed by atoms with Crippen LogP contribution in [0, 0.1) is 0 Å². The molecule has 0 atom stereocenters. The zero-order valence-corrected chi connectivity index (χ0v) is 10.4. The normalized spacial score (nSPS) is 23.7. The molecule has 1 amide bonds. The van der Waals surface area contributed by atoms with E-state index in [1.54, 1.807) is 19.3 Å². The summed E-state index contributed by atoms with van der Waals surface area (Å²) in [7, 11) is 1.65. The summed E-state index contributed by atoms with van der Waals surface area (Å²) in [6.07, 6.45) is 4.38. The topological polar surface area (TPSA) is 71.3 Å². The van der Waals surface area contributed by atoms with Crippen LogP contribution in [0.5, 0.6) is 0 Å². The van der Waals surface area contributed by atoms with Crippen molar-refractivity contribution in [2.45, 2.75) is 37.8 Å². The molecule has 1 aliphatic carbocycles. The quantitative estimate of drug-likeness (QED) is 0.799. The summed E-state index contributed by atoms with van der Waals surface area (Å²) in [6.45, 7) is 0. The number of pyridine rings is 1. The number of nitrogens with zero attached hydrogens (tertiary/aromatic N) is 1. The van der Waals surface area contributed by atoms with E-state index in [2.05, 4.69) is 5.32 Å². The Morgan fingerprint density at radius 1 is 1.39 bits per heavy atom. The molecule has 0 aromatic carbocycles. The fourth-order valence-electron chi connectivity index (χ4n) is 2.18. The van der Waals surface area contributed by atoms with Crippen LogP contribution in [-0.4, -0.2) is 27.7 Å². The lowest BCUT2D eigenvalue weighted by atomic mass is 9.93. The molecule has 1 aliphatic rings. The fraction of sp³-hybridized carbons (Fsp3) is 0.538. The number of aliphatic hydroxyl groups is 1. The Kier molecular flexibility index (Phi) is 3.81. The van der Waals surface area contributed by atoms with Gasteiger partial charge in [-0.2, -0.15) is 0 Å². The Bertz CT molecular complexity index is 487. The minimum atomic E-state index is -0.234. The molecule has 1 saturated carbocycles. The van der Waals surface area contributed by atoms with Crippen LogP contribution in [0.15, 0.2) is 23.1 Å². The van der Waals surface area contributed by atoms with Crippen molar-refractivity contribution in [2.75, 3.05) is 0 Å². The van der Waals surface area contributed by atoms with E-state index in [9.17, 15) is 14.7 Å². The minimum Gasteiger partial charge on any atom is -0.393 e. The average molecular weight is 250 g/mol. The highest BCUT2D eigenvalue weighted by Gasteiger charge is 2.21. The van der Waals surface area contributed by atoms with Crippen LogP contribution in [-0.2, 0) is 7.05 Å². The molecule has 0 aliphatic heterocycles. The van der Waals surface area contributed by atoms with Gasteiger partial charge in [0.15, 0.2) is 0 Å². The van der Waals surface area contributed by atoms with Gasteiger partial charge < -0.3 is 15.0 Å². The lowest BCUT2D eigenvalue weighted by Gasteiger charge is -2.26. The van der Waals surface area contributed by atoms with Gasteiger partial charge in [-0.25, -0.2) is 0 Å². The van der Waals surface area contributed by atoms with Gasteiger partial charge in [0.1, 0.15) is 0 Å². The molecule has 98 valence electrons. The predicted octanol–water partition coefficient (Wildman–Crippen LogP) is 0.419. The molecule has 18 heavy (non-hydrogen) atoms. The smallest absolute Gasteiger partial charge is 0.251 e. The Morgan fingerprint density at radius 3 is 2.67 bits per heavy atom. The molecule has 0 saturated heterocycles. The Balaban J connectivity index is 1.99. The first kappa shape index (κ1) is 12.8. The van der Waals surface area contributed by atoms with Crippen LogP contribution in [0.2, 0.25) is 0 Å². The number of hydrogen-bond acceptors (Lipinski definition) is 3. The summed E-state index contributed by atoms with van der Waals surface area (Å²) < 4.78 is 1.42. The van der Waals surface area contributed by atoms with E-state index in [0.717, 1.165) is 25.7 Å². The van der Waals surface area contributed by atoms with Crippen LogP contribution in [0.25, 0.3) is 0 Å². The molecular formula is C13H18N2O3. The number of hydrogen-bond donors (Lipinski definition) is 2. The zero-order valence-electron chi connectivity index (χ0n) is 10.4. The van der Waals surface area contributed by atoms with Gasteiger partial charge in [-0.05, 0) is 31.7 Å². The van der Waals surface area contributed by atoms with E-state index >= 15 is 0 Å². The Morgan fingerprint density at radius 2 is 2.06 bits per heavy atom. The van der Waals surface area contributed by atoms with Gasteiger partial charge >= 0.3 is 0 Å². The molecule has 1 fully saturated rings. The maximum atomic E-state index is 11.9. The molecule has 5 nitrogen and oxygen atoms in total. The van der Waals surface area contributed by atoms with Gasteiger partial charge in [-0.3, -0.25) is 9.59 Å². The molecule has 5 heteroatoms. The average Bonchev–Trinajstić information content (AvgIpc) is 2.35. The second-order valence-electron chi connectivity index (χ2n) is 4.84. The van der Waals surface area contributed by atoms with E-state index in [0.29, 0.717) is 5.56 Å². The zero-order chi connectivity index (χ0) is 13.1. The number of carbonyl (C=O) groups excluding carboxylic acids is 1. The van der Waals surface area contributed by atoms with Crippen molar-refractivity contribution in [1.29, 1.82) is 0 Å². The predicted molar refractivity (Wildman–Crippen MR) is 67.4 cm³/mol. The van der Waals surface area contributed by atoms with Crippen molar-refractivity contribution in [3.05, 3.63) is 34.2 Å². The SMILES string of the molecule is Cn1ccc(C(=O)NC2CCC(O)CC2)cc1=O. The summed E-state index contributed by atoms with van der Waals surface area (Å²) in [5.41, 5.74) is 0.200. The van der Waals surface area contributed by atoms with Gasteiger partial charge in [0.25, 0.3) is 11.5 Å². The van der Waals surface area contributed by atoms with Crippen molar-refractivity contribution < 1.29 is 9.90 Å². The number of nitrogens with one attached hydrogen (secondary N) is 1. The summed E-state index contributed by atoms with van der Waals surface area (Å²) >= 11 is 0. The van der Waals surface area contributed by atoms with Gasteiger partial charge in [0, 0.05) is 30.9 Å². The largest absolute Gasteiger partial charge is 0.393 e. The monoisotopic (exact) mass is 250 g/mol. The Labute approximate surface area is 105 Å². The van der Waals surface area contributed by atoms with Crippen LogP contribution in [0.4, 0.5) is 0 Å². The highest BCUT2D eigenvalue weighted by Crippen LogP contribution is 2.18. The van der Waals surface area contributed by atoms with Gasteiger partial charge in [-0.15, -0.1) is 0 Å². The number of aromatic nitrogens is 1. The molecule has 2 N–H and O–H groups in total. The van der Waals surface area contributed by atoms with Crippen molar-refractivity contribution in [2.24, 2.45) is 7.05 Å². The second kappa shape index (κ2) is 5.35. The number of carbonyl (C=O) groups is 1. The molecule has 1 aromatic rings. The Hall–Kier alpha value is -1.62. The van der Waals surface area contributed by atoms with E-state index in [-0.39, 0.29) is 23.6 Å². The molecule has 0 spiro atoms. The summed E-state index contributed by atoms with van der Waals surface area (Å²) in [4.78, 5) is 23.4. The fourth-order valence-corrected chi connectivity index (χ4v) is 2.18. The maximum absolute atomic E-state index is 11.9. The summed E-state index contributed by atoms with van der Waals surface area (Å²) in [5.74, 6) is -0.214. The first-order valence-electron chi connectivity index (χ1n) is 6.22. The third kappa shape index (κ3) is 2.98. The summed E-state index contributed by atoms with van der Waals surface area (Å²) in [5, 5.41) is 12.3. The third-order valence-corrected chi connectivity index (χ3v) is 3.40. The molecule has 1 aromatic heterocycles. The van der Waals surface area contributed by atoms with Gasteiger partial charge in [0.05, 0.1) is 6.10 Å². The van der Waals surface area contributed by atoms with E-state index < -0.39 is 0 Å². The van der Waals surface area contributed by atoms with E-state index in [1.807, 2.05) is 0 Å². The maximum Gasteiger partial charge on any atom is 0.251 e. The third-order valence-electron chi connectivity index (χ3n) is 3.40. The standard InChI is InChI=1S/C13H18N2O3/c1-15-7-6-9(8-12(15)17)13(18)14-10-2-4-11(16)5-3-10/h6-8,10-11,16H,2-5H2,1H3,(H,14,18). The highest BCUT2D eigenvalue weighted by atomic mass is 16.3. The second-order valence-corrected chi connectivity index (χ2v) is 4.84. The molecule has 0 radical (unpaired) electrons. The lowest BCUT2D eigenvalue weighted by Crippen LogP contribution is -2.39. The van der Waals surface area contributed by atoms with Gasteiger partial charge in [0.2, 0.25) is 0 Å². The summed E-state index contributed by atoms with van der Waals surface area (Å²) in [6, 6.07) is 3.08. The molecular weight excluding hydrogens is 232 g/mol. The van der Waals surface area contributed by atoms with Crippen LogP contribution in [0.1, 0.15) is 36.0 Å². The van der Waals surface area contributed by atoms with Crippen LogP contribution >= 0.6 is 0 Å². The lowest BCUT2D eigenvalue weighted by molar-refractivity contribution is 0.0867. The van der Waals surface area contributed by atoms with Crippen molar-refractivity contribution in [3.8, 4) is 0 Å². The number of aliphatic hydroxyl groups excluding tert-OH is 1. The molecule has 0 bridgehead atoms. The molecule has 0 unspecified atom stereocenters. The first-order valence-corrected chi connectivity index (χ1v) is 6.22. The van der Waals surface area contributed by atoms with Crippen molar-refractivity contribution in [1.82, 2.24) is 9.88 Å². The minimum absolute atomic E-state index is 0.102. The highest BCUT2D eigenvalue weighted by molar-refractivity contribution is 5.94. The molecule has 2 rings (SSSR count). The number of aryl methyl sites for hydroxylation is 1. The van der Waals surface area contributed by atoms with Crippen LogP contribution in [0.3, 0.4) is 0 Å². The van der Waals surface area contributed by atoms with Crippen molar-refractivity contribution in [3.63, 3.8) is 0 Å². The number of rotatable bonds is 2.